The standard InChI is InChI=1S/C28H25F4N7O3/c1-4-15-7-9-33-21(11-15)39-24(28(30,31)32)17(13-35-39)23-26(42-23)36-16-5-6-19(18(29)12-16)41-20-8-10-34-25-22(20)38(14(2)3)27(40)37-25/h5-14,23,26,36H,4H2,1-3H3,(H,34,37,40). The molecule has 5 heterocycles. The van der Waals surface area contributed by atoms with Gasteiger partial charge in [0, 0.05) is 41.8 Å². The number of hydrogen-bond donors (Lipinski definition) is 2. The molecule has 6 rings (SSSR count). The second-order valence-corrected chi connectivity index (χ2v) is 10.0. The highest BCUT2D eigenvalue weighted by molar-refractivity contribution is 5.78. The molecule has 1 aliphatic rings. The Bertz CT molecular complexity index is 1840. The minimum absolute atomic E-state index is 0.0484. The van der Waals surface area contributed by atoms with Gasteiger partial charge in [-0.1, -0.05) is 6.92 Å². The van der Waals surface area contributed by atoms with Crippen LogP contribution in [0.15, 0.2) is 59.8 Å². The lowest BCUT2D eigenvalue weighted by molar-refractivity contribution is -0.143. The number of hydrogen-bond acceptors (Lipinski definition) is 7. The van der Waals surface area contributed by atoms with Gasteiger partial charge in [-0.25, -0.2) is 23.8 Å². The molecule has 218 valence electrons. The number of ether oxygens (including phenoxy) is 2. The van der Waals surface area contributed by atoms with E-state index >= 15 is 4.39 Å². The molecule has 0 radical (unpaired) electrons. The van der Waals surface area contributed by atoms with Crippen molar-refractivity contribution in [3.63, 3.8) is 0 Å². The maximum Gasteiger partial charge on any atom is 0.433 e. The molecule has 0 amide bonds. The number of benzene rings is 1. The summed E-state index contributed by atoms with van der Waals surface area (Å²) in [5.74, 6) is -0.574. The topological polar surface area (TPSA) is 115 Å². The van der Waals surface area contributed by atoms with E-state index in [2.05, 4.69) is 25.4 Å². The molecule has 1 aromatic carbocycles. The van der Waals surface area contributed by atoms with Crippen LogP contribution in [0.25, 0.3) is 17.0 Å². The summed E-state index contributed by atoms with van der Waals surface area (Å²) in [6.07, 6.45) is -1.92. The summed E-state index contributed by atoms with van der Waals surface area (Å²) in [7, 11) is 0. The Labute approximate surface area is 235 Å². The lowest BCUT2D eigenvalue weighted by atomic mass is 10.1. The fourth-order valence-electron chi connectivity index (χ4n) is 4.84. The quantitative estimate of drug-likeness (QED) is 0.172. The molecule has 10 nitrogen and oxygen atoms in total. The van der Waals surface area contributed by atoms with E-state index in [4.69, 9.17) is 9.47 Å². The van der Waals surface area contributed by atoms with Crippen LogP contribution < -0.4 is 15.7 Å². The molecule has 1 fully saturated rings. The van der Waals surface area contributed by atoms with Gasteiger partial charge in [0.25, 0.3) is 0 Å². The number of anilines is 1. The van der Waals surface area contributed by atoms with Gasteiger partial charge in [-0.2, -0.15) is 18.3 Å². The molecule has 42 heavy (non-hydrogen) atoms. The van der Waals surface area contributed by atoms with E-state index in [1.165, 1.54) is 35.2 Å². The normalized spacial score (nSPS) is 16.8. The van der Waals surface area contributed by atoms with Crippen LogP contribution in [0.3, 0.4) is 0 Å². The summed E-state index contributed by atoms with van der Waals surface area (Å²) < 4.78 is 71.1. The number of nitrogens with one attached hydrogen (secondary N) is 2. The van der Waals surface area contributed by atoms with Crippen molar-refractivity contribution in [2.75, 3.05) is 5.32 Å². The van der Waals surface area contributed by atoms with Gasteiger partial charge in [0.2, 0.25) is 0 Å². The number of pyridine rings is 2. The Hall–Kier alpha value is -4.72. The number of imidazole rings is 1. The minimum Gasteiger partial charge on any atom is -0.452 e. The van der Waals surface area contributed by atoms with Crippen molar-refractivity contribution in [3.05, 3.63) is 88.1 Å². The van der Waals surface area contributed by atoms with Crippen molar-refractivity contribution in [1.29, 1.82) is 0 Å². The highest BCUT2D eigenvalue weighted by Crippen LogP contribution is 2.45. The van der Waals surface area contributed by atoms with Crippen LogP contribution in [0.2, 0.25) is 0 Å². The molecule has 2 unspecified atom stereocenters. The van der Waals surface area contributed by atoms with Crippen molar-refractivity contribution in [2.45, 2.75) is 51.7 Å². The summed E-state index contributed by atoms with van der Waals surface area (Å²) in [6.45, 7) is 5.53. The van der Waals surface area contributed by atoms with E-state index in [0.717, 1.165) is 22.5 Å². The highest BCUT2D eigenvalue weighted by Gasteiger charge is 2.49. The number of H-pyrrole nitrogens is 1. The maximum absolute atomic E-state index is 15.1. The van der Waals surface area contributed by atoms with Gasteiger partial charge in [0.15, 0.2) is 40.7 Å². The first-order chi connectivity index (χ1) is 20.0. The van der Waals surface area contributed by atoms with Crippen molar-refractivity contribution in [1.82, 2.24) is 29.3 Å². The molecular formula is C28H25F4N7O3. The second-order valence-electron chi connectivity index (χ2n) is 10.0. The Morgan fingerprint density at radius 2 is 1.90 bits per heavy atom. The van der Waals surface area contributed by atoms with E-state index in [1.807, 2.05) is 20.8 Å². The number of nitrogens with zero attached hydrogens (tertiary/aromatic N) is 5. The van der Waals surface area contributed by atoms with Crippen molar-refractivity contribution in [3.8, 4) is 17.3 Å². The molecular weight excluding hydrogens is 558 g/mol. The number of fused-ring (bicyclic) bond motifs is 1. The number of aromatic nitrogens is 6. The summed E-state index contributed by atoms with van der Waals surface area (Å²) in [5, 5.41) is 6.86. The molecule has 4 aromatic heterocycles. The van der Waals surface area contributed by atoms with Gasteiger partial charge in [-0.3, -0.25) is 9.55 Å². The predicted molar refractivity (Wildman–Crippen MR) is 144 cm³/mol. The van der Waals surface area contributed by atoms with Gasteiger partial charge in [-0.05, 0) is 50.1 Å². The Kier molecular flexibility index (Phi) is 6.72. The number of aromatic amines is 1. The average molecular weight is 584 g/mol. The van der Waals surface area contributed by atoms with Crippen LogP contribution in [0.4, 0.5) is 23.2 Å². The summed E-state index contributed by atoms with van der Waals surface area (Å²) in [5.41, 5.74) is 0.272. The predicted octanol–water partition coefficient (Wildman–Crippen LogP) is 5.91. The maximum atomic E-state index is 15.1. The van der Waals surface area contributed by atoms with Crippen LogP contribution in [0.5, 0.6) is 11.5 Å². The monoisotopic (exact) mass is 583 g/mol. The van der Waals surface area contributed by atoms with E-state index in [9.17, 15) is 18.0 Å². The molecule has 14 heteroatoms. The largest absolute Gasteiger partial charge is 0.452 e. The Balaban J connectivity index is 1.22. The van der Waals surface area contributed by atoms with Crippen molar-refractivity contribution >= 4 is 16.9 Å². The van der Waals surface area contributed by atoms with Crippen molar-refractivity contribution < 1.29 is 27.0 Å². The summed E-state index contributed by atoms with van der Waals surface area (Å²) in [4.78, 5) is 23.2. The second kappa shape index (κ2) is 10.3. The lowest BCUT2D eigenvalue weighted by Crippen LogP contribution is -2.18. The van der Waals surface area contributed by atoms with Crippen LogP contribution in [0.1, 0.15) is 49.7 Å². The van der Waals surface area contributed by atoms with Crippen LogP contribution in [-0.4, -0.2) is 35.5 Å². The van der Waals surface area contributed by atoms with E-state index < -0.39 is 30.0 Å². The number of halogens is 4. The van der Waals surface area contributed by atoms with Crippen molar-refractivity contribution in [2.24, 2.45) is 0 Å². The van der Waals surface area contributed by atoms with Gasteiger partial charge >= 0.3 is 11.9 Å². The van der Waals surface area contributed by atoms with E-state index in [1.54, 1.807) is 12.1 Å². The third-order valence-electron chi connectivity index (χ3n) is 6.85. The average Bonchev–Trinajstić information content (AvgIpc) is 3.38. The van der Waals surface area contributed by atoms with Gasteiger partial charge in [-0.15, -0.1) is 0 Å². The molecule has 2 atom stereocenters. The SMILES string of the molecule is CCc1ccnc(-n2ncc(C3OC3Nc3ccc(Oc4ccnc5[nH]c(=O)n(C(C)C)c45)c(F)c3)c2C(F)(F)F)c1. The first-order valence-corrected chi connectivity index (χ1v) is 13.1. The summed E-state index contributed by atoms with van der Waals surface area (Å²) in [6, 6.07) is 8.62. The van der Waals surface area contributed by atoms with Crippen LogP contribution >= 0.6 is 0 Å². The molecule has 1 aliphatic heterocycles. The van der Waals surface area contributed by atoms with Gasteiger partial charge in [0.1, 0.15) is 11.6 Å². The fourth-order valence-corrected chi connectivity index (χ4v) is 4.84. The molecule has 0 spiro atoms. The molecule has 0 aliphatic carbocycles. The van der Waals surface area contributed by atoms with E-state index in [-0.39, 0.29) is 40.3 Å². The molecule has 0 bridgehead atoms. The highest BCUT2D eigenvalue weighted by atomic mass is 19.4. The first-order valence-electron chi connectivity index (χ1n) is 13.1. The number of epoxide rings is 1. The zero-order chi connectivity index (χ0) is 29.8. The zero-order valence-electron chi connectivity index (χ0n) is 22.6. The fraction of sp³-hybridized carbons (Fsp3) is 0.286. The minimum atomic E-state index is -4.73. The number of rotatable bonds is 8. The number of aryl methyl sites for hydroxylation is 1. The van der Waals surface area contributed by atoms with Gasteiger partial charge < -0.3 is 14.8 Å². The van der Waals surface area contributed by atoms with Crippen LogP contribution in [0, 0.1) is 5.82 Å². The van der Waals surface area contributed by atoms with Crippen LogP contribution in [-0.2, 0) is 17.3 Å². The van der Waals surface area contributed by atoms with Gasteiger partial charge in [0.05, 0.1) is 6.20 Å². The first kappa shape index (κ1) is 27.4. The Morgan fingerprint density at radius 1 is 1.12 bits per heavy atom. The smallest absolute Gasteiger partial charge is 0.433 e. The molecule has 5 aromatic rings. The zero-order valence-corrected chi connectivity index (χ0v) is 22.6. The molecule has 1 saturated heterocycles. The Morgan fingerprint density at radius 3 is 2.62 bits per heavy atom. The molecule has 2 N–H and O–H groups in total. The summed E-state index contributed by atoms with van der Waals surface area (Å²) >= 11 is 0. The molecule has 0 saturated carbocycles. The lowest BCUT2D eigenvalue weighted by Gasteiger charge is -2.13. The van der Waals surface area contributed by atoms with E-state index in [0.29, 0.717) is 17.6 Å². The third kappa shape index (κ3) is 4.98. The number of alkyl halides is 3. The third-order valence-corrected chi connectivity index (χ3v) is 6.85.